The SMILES string of the molecule is Cc1c(Cl)nc2ncnn2c1Nc1ccc(F)c(F)c1F. The number of nitrogens with one attached hydrogen (secondary N) is 1. The Bertz CT molecular complexity index is 849. The van der Waals surface area contributed by atoms with Gasteiger partial charge in [0.25, 0.3) is 5.78 Å². The van der Waals surface area contributed by atoms with Gasteiger partial charge in [0.05, 0.1) is 5.69 Å². The smallest absolute Gasteiger partial charge is 0.255 e. The molecule has 0 fully saturated rings. The first-order valence-electron chi connectivity index (χ1n) is 5.75. The average molecular weight is 314 g/mol. The summed E-state index contributed by atoms with van der Waals surface area (Å²) in [5, 5.41) is 6.69. The summed E-state index contributed by atoms with van der Waals surface area (Å²) in [5.74, 6) is -3.72. The molecule has 1 N–H and O–H groups in total. The van der Waals surface area contributed by atoms with E-state index in [4.69, 9.17) is 11.6 Å². The van der Waals surface area contributed by atoms with Crippen molar-refractivity contribution in [1.82, 2.24) is 19.6 Å². The molecule has 0 saturated carbocycles. The van der Waals surface area contributed by atoms with E-state index in [9.17, 15) is 13.2 Å². The number of hydrogen-bond acceptors (Lipinski definition) is 4. The van der Waals surface area contributed by atoms with Crippen molar-refractivity contribution >= 4 is 28.9 Å². The van der Waals surface area contributed by atoms with Crippen molar-refractivity contribution in [2.45, 2.75) is 6.92 Å². The van der Waals surface area contributed by atoms with Crippen LogP contribution in [0.15, 0.2) is 18.5 Å². The number of anilines is 2. The number of nitrogens with zero attached hydrogens (tertiary/aromatic N) is 4. The first kappa shape index (κ1) is 13.6. The van der Waals surface area contributed by atoms with Gasteiger partial charge in [-0.25, -0.2) is 13.2 Å². The summed E-state index contributed by atoms with van der Waals surface area (Å²) >= 11 is 5.95. The molecule has 3 rings (SSSR count). The highest BCUT2D eigenvalue weighted by molar-refractivity contribution is 6.30. The van der Waals surface area contributed by atoms with Gasteiger partial charge in [0.1, 0.15) is 17.3 Å². The molecule has 0 aliphatic rings. The third-order valence-corrected chi connectivity index (χ3v) is 3.26. The maximum Gasteiger partial charge on any atom is 0.255 e. The fourth-order valence-electron chi connectivity index (χ4n) is 1.79. The summed E-state index contributed by atoms with van der Waals surface area (Å²) in [4.78, 5) is 7.84. The zero-order chi connectivity index (χ0) is 15.1. The Morgan fingerprint density at radius 1 is 1.19 bits per heavy atom. The molecule has 0 radical (unpaired) electrons. The highest BCUT2D eigenvalue weighted by atomic mass is 35.5. The second kappa shape index (κ2) is 4.88. The Kier molecular flexibility index (Phi) is 3.17. The molecule has 0 aliphatic carbocycles. The van der Waals surface area contributed by atoms with Crippen molar-refractivity contribution in [3.63, 3.8) is 0 Å². The molecule has 1 aromatic carbocycles. The van der Waals surface area contributed by atoms with E-state index in [0.717, 1.165) is 12.1 Å². The van der Waals surface area contributed by atoms with Crippen LogP contribution < -0.4 is 5.32 Å². The van der Waals surface area contributed by atoms with Crippen molar-refractivity contribution in [2.24, 2.45) is 0 Å². The van der Waals surface area contributed by atoms with Crippen LogP contribution in [-0.2, 0) is 0 Å². The molecule has 0 aliphatic heterocycles. The number of halogens is 4. The number of benzene rings is 1. The van der Waals surface area contributed by atoms with E-state index in [1.165, 1.54) is 10.8 Å². The van der Waals surface area contributed by atoms with Crippen molar-refractivity contribution < 1.29 is 13.2 Å². The van der Waals surface area contributed by atoms with Gasteiger partial charge in [-0.3, -0.25) is 0 Å². The van der Waals surface area contributed by atoms with Gasteiger partial charge < -0.3 is 5.32 Å². The average Bonchev–Trinajstić information content (AvgIpc) is 2.91. The summed E-state index contributed by atoms with van der Waals surface area (Å²) in [6.45, 7) is 1.62. The summed E-state index contributed by atoms with van der Waals surface area (Å²) in [5.41, 5.74) is 0.204. The molecular weight excluding hydrogens is 307 g/mol. The standard InChI is InChI=1S/C12H7ClF3N5/c1-5-10(13)20-12-17-4-18-21(12)11(5)19-7-3-2-6(14)8(15)9(7)16/h2-4,19H,1H3. The molecule has 2 aromatic heterocycles. The van der Waals surface area contributed by atoms with Crippen molar-refractivity contribution in [2.75, 3.05) is 5.32 Å². The molecule has 3 aromatic rings. The Hall–Kier alpha value is -2.35. The molecule has 0 unspecified atom stereocenters. The molecule has 9 heteroatoms. The quantitative estimate of drug-likeness (QED) is 0.583. The zero-order valence-corrected chi connectivity index (χ0v) is 11.3. The van der Waals surface area contributed by atoms with Crippen LogP contribution in [0.4, 0.5) is 24.7 Å². The van der Waals surface area contributed by atoms with E-state index < -0.39 is 17.5 Å². The predicted octanol–water partition coefficient (Wildman–Crippen LogP) is 3.25. The fraction of sp³-hybridized carbons (Fsp3) is 0.0833. The van der Waals surface area contributed by atoms with Crippen LogP contribution in [0, 0.1) is 24.4 Å². The van der Waals surface area contributed by atoms with Crippen molar-refractivity contribution in [3.05, 3.63) is 46.6 Å². The minimum absolute atomic E-state index is 0.140. The normalized spacial score (nSPS) is 11.1. The predicted molar refractivity (Wildman–Crippen MR) is 70.1 cm³/mol. The third kappa shape index (κ3) is 2.17. The topological polar surface area (TPSA) is 55.1 Å². The maximum atomic E-state index is 13.7. The lowest BCUT2D eigenvalue weighted by Crippen LogP contribution is -2.07. The second-order valence-electron chi connectivity index (χ2n) is 4.20. The molecule has 2 heterocycles. The summed E-state index contributed by atoms with van der Waals surface area (Å²) in [7, 11) is 0. The lowest BCUT2D eigenvalue weighted by atomic mass is 10.2. The Balaban J connectivity index is 2.16. The van der Waals surface area contributed by atoms with Crippen molar-refractivity contribution in [1.29, 1.82) is 0 Å². The minimum atomic E-state index is -1.56. The van der Waals surface area contributed by atoms with E-state index in [-0.39, 0.29) is 22.4 Å². The number of hydrogen-bond donors (Lipinski definition) is 1. The van der Waals surface area contributed by atoms with Gasteiger partial charge in [0, 0.05) is 5.56 Å². The van der Waals surface area contributed by atoms with E-state index in [2.05, 4.69) is 20.4 Å². The monoisotopic (exact) mass is 313 g/mol. The van der Waals surface area contributed by atoms with E-state index in [1.54, 1.807) is 6.92 Å². The van der Waals surface area contributed by atoms with Gasteiger partial charge in [-0.15, -0.1) is 0 Å². The molecule has 0 atom stereocenters. The number of fused-ring (bicyclic) bond motifs is 1. The van der Waals surface area contributed by atoms with Crippen LogP contribution in [0.25, 0.3) is 5.78 Å². The summed E-state index contributed by atoms with van der Waals surface area (Å²) in [6.07, 6.45) is 1.24. The molecule has 0 amide bonds. The first-order valence-corrected chi connectivity index (χ1v) is 6.13. The van der Waals surface area contributed by atoms with E-state index in [1.807, 2.05) is 0 Å². The molecule has 0 spiro atoms. The van der Waals surface area contributed by atoms with Crippen LogP contribution in [0.2, 0.25) is 5.15 Å². The highest BCUT2D eigenvalue weighted by Crippen LogP contribution is 2.28. The first-order chi connectivity index (χ1) is 9.99. The lowest BCUT2D eigenvalue weighted by molar-refractivity contribution is 0.449. The fourth-order valence-corrected chi connectivity index (χ4v) is 1.96. The van der Waals surface area contributed by atoms with Crippen LogP contribution >= 0.6 is 11.6 Å². The Morgan fingerprint density at radius 3 is 2.71 bits per heavy atom. The van der Waals surface area contributed by atoms with Gasteiger partial charge in [-0.05, 0) is 19.1 Å². The molecule has 108 valence electrons. The lowest BCUT2D eigenvalue weighted by Gasteiger charge is -2.12. The molecular formula is C12H7ClF3N5. The summed E-state index contributed by atoms with van der Waals surface area (Å²) in [6, 6.07) is 1.89. The van der Waals surface area contributed by atoms with Crippen LogP contribution in [0.1, 0.15) is 5.56 Å². The zero-order valence-electron chi connectivity index (χ0n) is 10.5. The molecule has 0 saturated heterocycles. The maximum absolute atomic E-state index is 13.7. The highest BCUT2D eigenvalue weighted by Gasteiger charge is 2.17. The third-order valence-electron chi connectivity index (χ3n) is 2.89. The van der Waals surface area contributed by atoms with Gasteiger partial charge >= 0.3 is 0 Å². The van der Waals surface area contributed by atoms with Crippen LogP contribution in [0.3, 0.4) is 0 Å². The molecule has 5 nitrogen and oxygen atoms in total. The van der Waals surface area contributed by atoms with Gasteiger partial charge in [0.15, 0.2) is 17.5 Å². The van der Waals surface area contributed by atoms with Crippen molar-refractivity contribution in [3.8, 4) is 0 Å². The largest absolute Gasteiger partial charge is 0.337 e. The summed E-state index contributed by atoms with van der Waals surface area (Å²) < 4.78 is 41.2. The Morgan fingerprint density at radius 2 is 1.95 bits per heavy atom. The minimum Gasteiger partial charge on any atom is -0.337 e. The van der Waals surface area contributed by atoms with Crippen LogP contribution in [0.5, 0.6) is 0 Å². The molecule has 21 heavy (non-hydrogen) atoms. The van der Waals surface area contributed by atoms with Crippen LogP contribution in [-0.4, -0.2) is 19.6 Å². The molecule has 0 bridgehead atoms. The number of rotatable bonds is 2. The van der Waals surface area contributed by atoms with Gasteiger partial charge in [-0.2, -0.15) is 19.6 Å². The van der Waals surface area contributed by atoms with E-state index >= 15 is 0 Å². The second-order valence-corrected chi connectivity index (χ2v) is 4.55. The van der Waals surface area contributed by atoms with Gasteiger partial charge in [0.2, 0.25) is 0 Å². The Labute approximate surface area is 121 Å². The van der Waals surface area contributed by atoms with E-state index in [0.29, 0.717) is 5.56 Å². The van der Waals surface area contributed by atoms with Gasteiger partial charge in [-0.1, -0.05) is 11.6 Å². The number of aromatic nitrogens is 4.